The highest BCUT2D eigenvalue weighted by molar-refractivity contribution is 5.11. The predicted molar refractivity (Wildman–Crippen MR) is 60.8 cm³/mol. The SMILES string of the molecule is CCNC(CC(C)COC)c1ccoc1. The van der Waals surface area contributed by atoms with Crippen molar-refractivity contribution in [3.63, 3.8) is 0 Å². The summed E-state index contributed by atoms with van der Waals surface area (Å²) in [5.41, 5.74) is 1.22. The molecule has 1 N–H and O–H groups in total. The number of rotatable bonds is 7. The van der Waals surface area contributed by atoms with Crippen LogP contribution >= 0.6 is 0 Å². The van der Waals surface area contributed by atoms with Gasteiger partial charge in [-0.2, -0.15) is 0 Å². The van der Waals surface area contributed by atoms with Crippen molar-refractivity contribution in [3.05, 3.63) is 24.2 Å². The number of methoxy groups -OCH3 is 1. The second-order valence-corrected chi connectivity index (χ2v) is 3.96. The first-order valence-electron chi connectivity index (χ1n) is 5.52. The van der Waals surface area contributed by atoms with Gasteiger partial charge >= 0.3 is 0 Å². The summed E-state index contributed by atoms with van der Waals surface area (Å²) in [5.74, 6) is 0.550. The highest BCUT2D eigenvalue weighted by Gasteiger charge is 2.15. The standard InChI is InChI=1S/C12H21NO2/c1-4-13-12(7-10(2)8-14-3)11-5-6-15-9-11/h5-6,9-10,12-13H,4,7-8H2,1-3H3. The molecule has 1 heterocycles. The Morgan fingerprint density at radius 2 is 2.33 bits per heavy atom. The molecule has 0 aromatic carbocycles. The smallest absolute Gasteiger partial charge is 0.0950 e. The molecule has 2 atom stereocenters. The van der Waals surface area contributed by atoms with Crippen molar-refractivity contribution in [2.75, 3.05) is 20.3 Å². The van der Waals surface area contributed by atoms with Gasteiger partial charge in [0, 0.05) is 25.3 Å². The Hall–Kier alpha value is -0.800. The third-order valence-electron chi connectivity index (χ3n) is 2.49. The highest BCUT2D eigenvalue weighted by Crippen LogP contribution is 2.21. The van der Waals surface area contributed by atoms with E-state index in [1.807, 2.05) is 12.3 Å². The van der Waals surface area contributed by atoms with E-state index in [0.29, 0.717) is 12.0 Å². The van der Waals surface area contributed by atoms with Gasteiger partial charge < -0.3 is 14.5 Å². The van der Waals surface area contributed by atoms with Gasteiger partial charge in [0.1, 0.15) is 0 Å². The lowest BCUT2D eigenvalue weighted by molar-refractivity contribution is 0.149. The topological polar surface area (TPSA) is 34.4 Å². The average molecular weight is 211 g/mol. The zero-order chi connectivity index (χ0) is 11.1. The Morgan fingerprint density at radius 3 is 2.87 bits per heavy atom. The van der Waals surface area contributed by atoms with Gasteiger partial charge in [0.15, 0.2) is 0 Å². The summed E-state index contributed by atoms with van der Waals surface area (Å²) in [6, 6.07) is 2.39. The Morgan fingerprint density at radius 1 is 1.53 bits per heavy atom. The fourth-order valence-electron chi connectivity index (χ4n) is 1.81. The molecule has 86 valence electrons. The van der Waals surface area contributed by atoms with E-state index in [-0.39, 0.29) is 0 Å². The van der Waals surface area contributed by atoms with Crippen molar-refractivity contribution in [3.8, 4) is 0 Å². The highest BCUT2D eigenvalue weighted by atomic mass is 16.5. The summed E-state index contributed by atoms with van der Waals surface area (Å²) in [7, 11) is 1.75. The molecule has 0 aliphatic rings. The minimum absolute atomic E-state index is 0.374. The van der Waals surface area contributed by atoms with Gasteiger partial charge in [-0.15, -0.1) is 0 Å². The Bertz CT molecular complexity index is 246. The minimum atomic E-state index is 0.374. The summed E-state index contributed by atoms with van der Waals surface area (Å²) >= 11 is 0. The zero-order valence-corrected chi connectivity index (χ0v) is 9.82. The summed E-state index contributed by atoms with van der Waals surface area (Å²) in [5, 5.41) is 3.46. The van der Waals surface area contributed by atoms with Crippen LogP contribution in [0.2, 0.25) is 0 Å². The van der Waals surface area contributed by atoms with Crippen LogP contribution in [0.3, 0.4) is 0 Å². The second kappa shape index (κ2) is 6.64. The molecule has 0 spiro atoms. The molecule has 1 aromatic rings. The number of ether oxygens (including phenoxy) is 1. The van der Waals surface area contributed by atoms with E-state index in [4.69, 9.17) is 9.15 Å². The fourth-order valence-corrected chi connectivity index (χ4v) is 1.81. The minimum Gasteiger partial charge on any atom is -0.472 e. The number of hydrogen-bond donors (Lipinski definition) is 1. The molecule has 0 radical (unpaired) electrons. The van der Waals surface area contributed by atoms with Gasteiger partial charge in [-0.25, -0.2) is 0 Å². The van der Waals surface area contributed by atoms with E-state index in [1.165, 1.54) is 5.56 Å². The van der Waals surface area contributed by atoms with E-state index >= 15 is 0 Å². The van der Waals surface area contributed by atoms with E-state index in [2.05, 4.69) is 19.2 Å². The second-order valence-electron chi connectivity index (χ2n) is 3.96. The monoisotopic (exact) mass is 211 g/mol. The van der Waals surface area contributed by atoms with Gasteiger partial charge in [-0.1, -0.05) is 13.8 Å². The molecular formula is C12H21NO2. The lowest BCUT2D eigenvalue weighted by atomic mass is 9.98. The average Bonchev–Trinajstić information content (AvgIpc) is 2.70. The number of hydrogen-bond acceptors (Lipinski definition) is 3. The van der Waals surface area contributed by atoms with Crippen LogP contribution in [0, 0.1) is 5.92 Å². The molecule has 0 bridgehead atoms. The summed E-state index contributed by atoms with van der Waals surface area (Å²) in [6.45, 7) is 6.09. The Balaban J connectivity index is 2.51. The third-order valence-corrected chi connectivity index (χ3v) is 2.49. The van der Waals surface area contributed by atoms with Gasteiger partial charge in [-0.3, -0.25) is 0 Å². The van der Waals surface area contributed by atoms with Crippen LogP contribution in [0.5, 0.6) is 0 Å². The molecule has 3 nitrogen and oxygen atoms in total. The van der Waals surface area contributed by atoms with Gasteiger partial charge in [-0.05, 0) is 24.9 Å². The van der Waals surface area contributed by atoms with Gasteiger partial charge in [0.25, 0.3) is 0 Å². The van der Waals surface area contributed by atoms with Gasteiger partial charge in [0.05, 0.1) is 12.5 Å². The Labute approximate surface area is 91.8 Å². The summed E-state index contributed by atoms with van der Waals surface area (Å²) in [4.78, 5) is 0. The zero-order valence-electron chi connectivity index (χ0n) is 9.82. The molecule has 15 heavy (non-hydrogen) atoms. The van der Waals surface area contributed by atoms with E-state index < -0.39 is 0 Å². The first-order chi connectivity index (χ1) is 7.27. The van der Waals surface area contributed by atoms with Crippen molar-refractivity contribution >= 4 is 0 Å². The van der Waals surface area contributed by atoms with Crippen molar-refractivity contribution < 1.29 is 9.15 Å². The summed E-state index contributed by atoms with van der Waals surface area (Å²) in [6.07, 6.45) is 4.61. The van der Waals surface area contributed by atoms with Crippen LogP contribution in [0.1, 0.15) is 31.9 Å². The van der Waals surface area contributed by atoms with Crippen LogP contribution in [0.4, 0.5) is 0 Å². The van der Waals surface area contributed by atoms with Gasteiger partial charge in [0.2, 0.25) is 0 Å². The molecule has 0 aliphatic carbocycles. The molecule has 3 heteroatoms. The van der Waals surface area contributed by atoms with Crippen molar-refractivity contribution in [1.82, 2.24) is 5.32 Å². The van der Waals surface area contributed by atoms with Crippen LogP contribution in [-0.4, -0.2) is 20.3 Å². The largest absolute Gasteiger partial charge is 0.472 e. The quantitative estimate of drug-likeness (QED) is 0.752. The maximum Gasteiger partial charge on any atom is 0.0950 e. The first-order valence-corrected chi connectivity index (χ1v) is 5.52. The Kier molecular flexibility index (Phi) is 5.43. The molecule has 2 unspecified atom stereocenters. The molecule has 0 aliphatic heterocycles. The lowest BCUT2D eigenvalue weighted by Crippen LogP contribution is -2.23. The number of furan rings is 1. The molecule has 0 amide bonds. The maximum atomic E-state index is 5.15. The third kappa shape index (κ3) is 4.06. The van der Waals surface area contributed by atoms with Crippen LogP contribution in [-0.2, 0) is 4.74 Å². The van der Waals surface area contributed by atoms with Crippen molar-refractivity contribution in [1.29, 1.82) is 0 Å². The van der Waals surface area contributed by atoms with E-state index in [1.54, 1.807) is 13.4 Å². The molecule has 0 saturated heterocycles. The van der Waals surface area contributed by atoms with Crippen LogP contribution < -0.4 is 5.32 Å². The first kappa shape index (κ1) is 12.3. The molecular weight excluding hydrogens is 190 g/mol. The number of nitrogens with one attached hydrogen (secondary N) is 1. The molecule has 0 fully saturated rings. The normalized spacial score (nSPS) is 15.1. The van der Waals surface area contributed by atoms with Crippen molar-refractivity contribution in [2.24, 2.45) is 5.92 Å². The van der Waals surface area contributed by atoms with E-state index in [9.17, 15) is 0 Å². The van der Waals surface area contributed by atoms with Crippen LogP contribution in [0.15, 0.2) is 23.0 Å². The van der Waals surface area contributed by atoms with E-state index in [0.717, 1.165) is 19.6 Å². The summed E-state index contributed by atoms with van der Waals surface area (Å²) < 4.78 is 10.3. The maximum absolute atomic E-state index is 5.15. The lowest BCUT2D eigenvalue weighted by Gasteiger charge is -2.20. The molecule has 0 saturated carbocycles. The molecule has 1 rings (SSSR count). The van der Waals surface area contributed by atoms with Crippen LogP contribution in [0.25, 0.3) is 0 Å². The fraction of sp³-hybridized carbons (Fsp3) is 0.667. The molecule has 1 aromatic heterocycles. The van der Waals surface area contributed by atoms with Crippen molar-refractivity contribution in [2.45, 2.75) is 26.3 Å². The predicted octanol–water partition coefficient (Wildman–Crippen LogP) is 2.60.